The number of rotatable bonds is 3. The van der Waals surface area contributed by atoms with Crippen LogP contribution in [-0.4, -0.2) is 18.5 Å². The molecule has 0 bridgehead atoms. The molecule has 1 aliphatic heterocycles. The Bertz CT molecular complexity index is 439. The molecule has 90 valence electrons. The van der Waals surface area contributed by atoms with Crippen molar-refractivity contribution >= 4 is 11.9 Å². The Morgan fingerprint density at radius 3 is 3.00 bits per heavy atom. The van der Waals surface area contributed by atoms with Gasteiger partial charge in [-0.25, -0.2) is 0 Å². The number of esters is 2. The van der Waals surface area contributed by atoms with Gasteiger partial charge in [-0.15, -0.1) is 0 Å². The largest absolute Gasteiger partial charge is 0.466 e. The average molecular weight is 234 g/mol. The summed E-state index contributed by atoms with van der Waals surface area (Å²) in [4.78, 5) is 22.9. The molecule has 1 atom stereocenters. The predicted octanol–water partition coefficient (Wildman–Crippen LogP) is 2.03. The van der Waals surface area contributed by atoms with Gasteiger partial charge in [-0.3, -0.25) is 9.59 Å². The van der Waals surface area contributed by atoms with E-state index in [2.05, 4.69) is 0 Å². The Hall–Kier alpha value is -1.84. The molecule has 0 spiro atoms. The minimum Gasteiger partial charge on any atom is -0.466 e. The summed E-state index contributed by atoms with van der Waals surface area (Å²) in [5, 5.41) is 0. The molecule has 0 N–H and O–H groups in total. The van der Waals surface area contributed by atoms with Crippen LogP contribution in [0.3, 0.4) is 0 Å². The summed E-state index contributed by atoms with van der Waals surface area (Å²) in [6.07, 6.45) is 0.454. The first-order valence-corrected chi connectivity index (χ1v) is 5.66. The zero-order valence-electron chi connectivity index (χ0n) is 9.64. The van der Waals surface area contributed by atoms with E-state index < -0.39 is 0 Å². The van der Waals surface area contributed by atoms with E-state index in [4.69, 9.17) is 9.47 Å². The number of para-hydroxylation sites is 1. The maximum Gasteiger partial charge on any atom is 0.311 e. The molecule has 0 saturated carbocycles. The molecule has 0 radical (unpaired) electrons. The highest BCUT2D eigenvalue weighted by Gasteiger charge is 2.28. The van der Waals surface area contributed by atoms with Crippen LogP contribution in [0.2, 0.25) is 0 Å². The van der Waals surface area contributed by atoms with Crippen LogP contribution in [0.15, 0.2) is 24.3 Å². The number of carbonyl (C=O) groups is 2. The minimum absolute atomic E-state index is 0.133. The number of hydrogen-bond acceptors (Lipinski definition) is 4. The van der Waals surface area contributed by atoms with Gasteiger partial charge in [0.05, 0.1) is 19.4 Å². The third-order valence-corrected chi connectivity index (χ3v) is 2.71. The van der Waals surface area contributed by atoms with Crippen molar-refractivity contribution in [3.63, 3.8) is 0 Å². The molecular formula is C13H14O4. The molecular weight excluding hydrogens is 220 g/mol. The first kappa shape index (κ1) is 11.6. The second-order valence-corrected chi connectivity index (χ2v) is 3.92. The summed E-state index contributed by atoms with van der Waals surface area (Å²) in [6, 6.07) is 7.30. The highest BCUT2D eigenvalue weighted by Crippen LogP contribution is 2.36. The molecule has 0 fully saturated rings. The number of benzene rings is 1. The minimum atomic E-state index is -0.294. The zero-order valence-corrected chi connectivity index (χ0v) is 9.64. The van der Waals surface area contributed by atoms with Crippen LogP contribution in [0.25, 0.3) is 0 Å². The summed E-state index contributed by atoms with van der Waals surface area (Å²) in [5.74, 6) is -0.149. The first-order valence-electron chi connectivity index (χ1n) is 5.66. The molecule has 0 aliphatic carbocycles. The molecule has 1 aromatic rings. The second-order valence-electron chi connectivity index (χ2n) is 3.92. The standard InChI is InChI=1S/C13H14O4/c1-2-16-12(14)7-9-8-13(15)17-11-6-4-3-5-10(9)11/h3-6,9H,2,7-8H2,1H3. The van der Waals surface area contributed by atoms with E-state index in [1.54, 1.807) is 19.1 Å². The molecule has 0 saturated heterocycles. The Kier molecular flexibility index (Phi) is 3.42. The molecule has 4 nitrogen and oxygen atoms in total. The topological polar surface area (TPSA) is 52.6 Å². The zero-order chi connectivity index (χ0) is 12.3. The van der Waals surface area contributed by atoms with Gasteiger partial charge in [-0.05, 0) is 18.6 Å². The van der Waals surface area contributed by atoms with Crippen molar-refractivity contribution in [1.82, 2.24) is 0 Å². The Balaban J connectivity index is 2.18. The lowest BCUT2D eigenvalue weighted by Crippen LogP contribution is -2.22. The van der Waals surface area contributed by atoms with Crippen LogP contribution in [0.5, 0.6) is 5.75 Å². The number of carbonyl (C=O) groups excluding carboxylic acids is 2. The molecule has 17 heavy (non-hydrogen) atoms. The quantitative estimate of drug-likeness (QED) is 0.593. The highest BCUT2D eigenvalue weighted by atomic mass is 16.5. The van der Waals surface area contributed by atoms with Crippen molar-refractivity contribution in [2.45, 2.75) is 25.7 Å². The number of fused-ring (bicyclic) bond motifs is 1. The Labute approximate surface area is 99.5 Å². The second kappa shape index (κ2) is 4.99. The van der Waals surface area contributed by atoms with E-state index in [1.165, 1.54) is 0 Å². The Morgan fingerprint density at radius 2 is 2.24 bits per heavy atom. The molecule has 2 rings (SSSR count). The van der Waals surface area contributed by atoms with Gasteiger partial charge in [0.1, 0.15) is 5.75 Å². The van der Waals surface area contributed by atoms with E-state index in [0.29, 0.717) is 12.4 Å². The third-order valence-electron chi connectivity index (χ3n) is 2.71. The Morgan fingerprint density at radius 1 is 1.47 bits per heavy atom. The monoisotopic (exact) mass is 234 g/mol. The predicted molar refractivity (Wildman–Crippen MR) is 60.7 cm³/mol. The van der Waals surface area contributed by atoms with Gasteiger partial charge in [0, 0.05) is 5.92 Å². The first-order chi connectivity index (χ1) is 8.20. The van der Waals surface area contributed by atoms with E-state index in [9.17, 15) is 9.59 Å². The van der Waals surface area contributed by atoms with Crippen molar-refractivity contribution in [3.05, 3.63) is 29.8 Å². The van der Waals surface area contributed by atoms with E-state index in [-0.39, 0.29) is 30.7 Å². The lowest BCUT2D eigenvalue weighted by atomic mass is 9.90. The SMILES string of the molecule is CCOC(=O)CC1CC(=O)Oc2ccccc21. The van der Waals surface area contributed by atoms with Crippen LogP contribution in [0.4, 0.5) is 0 Å². The van der Waals surface area contributed by atoms with Crippen LogP contribution < -0.4 is 4.74 Å². The average Bonchev–Trinajstić information content (AvgIpc) is 2.29. The highest BCUT2D eigenvalue weighted by molar-refractivity contribution is 5.79. The fourth-order valence-electron chi connectivity index (χ4n) is 1.99. The summed E-state index contributed by atoms with van der Waals surface area (Å²) < 4.78 is 10.0. The molecule has 0 aromatic heterocycles. The van der Waals surface area contributed by atoms with Gasteiger partial charge < -0.3 is 9.47 Å². The third kappa shape index (κ3) is 2.64. The lowest BCUT2D eigenvalue weighted by molar-refractivity contribution is -0.144. The normalized spacial score (nSPS) is 18.2. The van der Waals surface area contributed by atoms with Crippen molar-refractivity contribution in [2.24, 2.45) is 0 Å². The van der Waals surface area contributed by atoms with Crippen molar-refractivity contribution in [1.29, 1.82) is 0 Å². The van der Waals surface area contributed by atoms with Gasteiger partial charge in [0.25, 0.3) is 0 Å². The molecule has 1 aliphatic rings. The maximum atomic E-state index is 11.5. The van der Waals surface area contributed by atoms with Gasteiger partial charge >= 0.3 is 11.9 Å². The molecule has 0 amide bonds. The molecule has 1 aromatic carbocycles. The summed E-state index contributed by atoms with van der Waals surface area (Å²) in [7, 11) is 0. The maximum absolute atomic E-state index is 11.5. The number of ether oxygens (including phenoxy) is 2. The summed E-state index contributed by atoms with van der Waals surface area (Å²) in [6.45, 7) is 2.12. The van der Waals surface area contributed by atoms with Crippen LogP contribution in [-0.2, 0) is 14.3 Å². The van der Waals surface area contributed by atoms with Gasteiger partial charge in [0.2, 0.25) is 0 Å². The summed E-state index contributed by atoms with van der Waals surface area (Å²) >= 11 is 0. The van der Waals surface area contributed by atoms with Gasteiger partial charge in [-0.2, -0.15) is 0 Å². The number of hydrogen-bond donors (Lipinski definition) is 0. The van der Waals surface area contributed by atoms with Crippen molar-refractivity contribution < 1.29 is 19.1 Å². The fourth-order valence-corrected chi connectivity index (χ4v) is 1.99. The lowest BCUT2D eigenvalue weighted by Gasteiger charge is -2.23. The van der Waals surface area contributed by atoms with Gasteiger partial charge in [-0.1, -0.05) is 18.2 Å². The van der Waals surface area contributed by atoms with Crippen molar-refractivity contribution in [2.75, 3.05) is 6.61 Å². The van der Waals surface area contributed by atoms with Crippen LogP contribution in [0.1, 0.15) is 31.2 Å². The fraction of sp³-hybridized carbons (Fsp3) is 0.385. The van der Waals surface area contributed by atoms with Crippen LogP contribution >= 0.6 is 0 Å². The van der Waals surface area contributed by atoms with E-state index in [1.807, 2.05) is 12.1 Å². The van der Waals surface area contributed by atoms with Crippen LogP contribution in [0, 0.1) is 0 Å². The van der Waals surface area contributed by atoms with Gasteiger partial charge in [0.15, 0.2) is 0 Å². The van der Waals surface area contributed by atoms with E-state index >= 15 is 0 Å². The smallest absolute Gasteiger partial charge is 0.311 e. The summed E-state index contributed by atoms with van der Waals surface area (Å²) in [5.41, 5.74) is 0.903. The van der Waals surface area contributed by atoms with Crippen molar-refractivity contribution in [3.8, 4) is 5.75 Å². The van der Waals surface area contributed by atoms with E-state index in [0.717, 1.165) is 5.56 Å². The molecule has 1 heterocycles. The molecule has 4 heteroatoms. The molecule has 1 unspecified atom stereocenters.